The molecule has 9 nitrogen and oxygen atoms in total. The first-order valence-electron chi connectivity index (χ1n) is 10.9. The summed E-state index contributed by atoms with van der Waals surface area (Å²) >= 11 is 0. The van der Waals surface area contributed by atoms with Crippen LogP contribution in [0, 0.1) is 0 Å². The van der Waals surface area contributed by atoms with Gasteiger partial charge in [-0.15, -0.1) is 0 Å². The predicted molar refractivity (Wildman–Crippen MR) is 117 cm³/mol. The summed E-state index contributed by atoms with van der Waals surface area (Å²) in [6, 6.07) is 8.75. The van der Waals surface area contributed by atoms with Crippen LogP contribution in [0.5, 0.6) is 0 Å². The van der Waals surface area contributed by atoms with Crippen molar-refractivity contribution in [3.63, 3.8) is 0 Å². The molecule has 1 atom stereocenters. The molecule has 1 saturated heterocycles. The van der Waals surface area contributed by atoms with E-state index in [4.69, 9.17) is 9.47 Å². The number of amides is 3. The predicted octanol–water partition coefficient (Wildman–Crippen LogP) is 2.14. The highest BCUT2D eigenvalue weighted by atomic mass is 16.6. The SMILES string of the molecule is CC(C)(C)OC(=O)N1CCCC1C(=O)NCCC(=O)NCCC(=O)OCc1ccccc1. The van der Waals surface area contributed by atoms with Gasteiger partial charge in [-0.25, -0.2) is 4.79 Å². The zero-order valence-corrected chi connectivity index (χ0v) is 19.0. The summed E-state index contributed by atoms with van der Waals surface area (Å²) in [5, 5.41) is 5.33. The minimum Gasteiger partial charge on any atom is -0.461 e. The summed E-state index contributed by atoms with van der Waals surface area (Å²) < 4.78 is 10.5. The average molecular weight is 448 g/mol. The van der Waals surface area contributed by atoms with Crippen molar-refractivity contribution in [3.05, 3.63) is 35.9 Å². The maximum absolute atomic E-state index is 12.4. The average Bonchev–Trinajstić information content (AvgIpc) is 3.22. The molecule has 0 spiro atoms. The molecular weight excluding hydrogens is 414 g/mol. The second-order valence-corrected chi connectivity index (χ2v) is 8.62. The van der Waals surface area contributed by atoms with Crippen molar-refractivity contribution in [1.29, 1.82) is 0 Å². The van der Waals surface area contributed by atoms with Gasteiger partial charge in [0, 0.05) is 26.1 Å². The number of carbonyl (C=O) groups excluding carboxylic acids is 4. The van der Waals surface area contributed by atoms with Crippen LogP contribution in [0.2, 0.25) is 0 Å². The minimum absolute atomic E-state index is 0.0673. The van der Waals surface area contributed by atoms with Gasteiger partial charge in [-0.3, -0.25) is 19.3 Å². The van der Waals surface area contributed by atoms with E-state index in [1.807, 2.05) is 30.3 Å². The third-order valence-corrected chi connectivity index (χ3v) is 4.73. The number of likely N-dealkylation sites (tertiary alicyclic amines) is 1. The molecule has 1 fully saturated rings. The lowest BCUT2D eigenvalue weighted by Gasteiger charge is -2.28. The van der Waals surface area contributed by atoms with Crippen molar-refractivity contribution >= 4 is 23.9 Å². The van der Waals surface area contributed by atoms with Gasteiger partial charge in [0.2, 0.25) is 11.8 Å². The molecule has 0 aromatic heterocycles. The number of esters is 1. The van der Waals surface area contributed by atoms with Crippen LogP contribution in [-0.2, 0) is 30.5 Å². The molecular formula is C23H33N3O6. The van der Waals surface area contributed by atoms with E-state index in [0.29, 0.717) is 13.0 Å². The van der Waals surface area contributed by atoms with Crippen molar-refractivity contribution in [2.24, 2.45) is 0 Å². The molecule has 32 heavy (non-hydrogen) atoms. The lowest BCUT2D eigenvalue weighted by atomic mass is 10.2. The summed E-state index contributed by atoms with van der Waals surface area (Å²) in [6.45, 7) is 6.29. The highest BCUT2D eigenvalue weighted by molar-refractivity contribution is 5.86. The van der Waals surface area contributed by atoms with Gasteiger partial charge in [-0.1, -0.05) is 30.3 Å². The summed E-state index contributed by atoms with van der Waals surface area (Å²) in [7, 11) is 0. The quantitative estimate of drug-likeness (QED) is 0.561. The summed E-state index contributed by atoms with van der Waals surface area (Å²) in [6.07, 6.45) is 0.912. The van der Waals surface area contributed by atoms with Crippen LogP contribution in [0.15, 0.2) is 30.3 Å². The second-order valence-electron chi connectivity index (χ2n) is 8.62. The zero-order valence-electron chi connectivity index (χ0n) is 19.0. The Kier molecular flexibility index (Phi) is 9.49. The van der Waals surface area contributed by atoms with Gasteiger partial charge in [0.25, 0.3) is 0 Å². The Morgan fingerprint density at radius 2 is 1.72 bits per heavy atom. The van der Waals surface area contributed by atoms with Crippen LogP contribution in [0.25, 0.3) is 0 Å². The molecule has 2 N–H and O–H groups in total. The highest BCUT2D eigenvalue weighted by Gasteiger charge is 2.36. The van der Waals surface area contributed by atoms with Crippen LogP contribution in [0.4, 0.5) is 4.79 Å². The third kappa shape index (κ3) is 8.95. The molecule has 1 aromatic rings. The summed E-state index contributed by atoms with van der Waals surface area (Å²) in [4.78, 5) is 49.8. The van der Waals surface area contributed by atoms with E-state index in [0.717, 1.165) is 12.0 Å². The third-order valence-electron chi connectivity index (χ3n) is 4.73. The molecule has 9 heteroatoms. The van der Waals surface area contributed by atoms with E-state index >= 15 is 0 Å². The molecule has 3 amide bonds. The number of nitrogens with zero attached hydrogens (tertiary/aromatic N) is 1. The lowest BCUT2D eigenvalue weighted by molar-refractivity contribution is -0.144. The highest BCUT2D eigenvalue weighted by Crippen LogP contribution is 2.20. The van der Waals surface area contributed by atoms with Crippen molar-refractivity contribution < 1.29 is 28.7 Å². The van der Waals surface area contributed by atoms with Gasteiger partial charge in [0.05, 0.1) is 6.42 Å². The van der Waals surface area contributed by atoms with Gasteiger partial charge in [-0.2, -0.15) is 0 Å². The first kappa shape index (κ1) is 25.2. The molecule has 1 aliphatic heterocycles. The molecule has 0 radical (unpaired) electrons. The topological polar surface area (TPSA) is 114 Å². The van der Waals surface area contributed by atoms with E-state index < -0.39 is 23.7 Å². The lowest BCUT2D eigenvalue weighted by Crippen LogP contribution is -2.48. The number of hydrogen-bond donors (Lipinski definition) is 2. The van der Waals surface area contributed by atoms with Crippen LogP contribution in [-0.4, -0.2) is 60.1 Å². The molecule has 1 aliphatic rings. The summed E-state index contributed by atoms with van der Waals surface area (Å²) in [5.41, 5.74) is 0.264. The molecule has 176 valence electrons. The smallest absolute Gasteiger partial charge is 0.410 e. The number of benzene rings is 1. The van der Waals surface area contributed by atoms with Crippen molar-refractivity contribution in [3.8, 4) is 0 Å². The van der Waals surface area contributed by atoms with Gasteiger partial charge in [0.1, 0.15) is 18.2 Å². The van der Waals surface area contributed by atoms with Crippen molar-refractivity contribution in [2.75, 3.05) is 19.6 Å². The monoisotopic (exact) mass is 447 g/mol. The van der Waals surface area contributed by atoms with Gasteiger partial charge in [-0.05, 0) is 39.2 Å². The van der Waals surface area contributed by atoms with E-state index in [9.17, 15) is 19.2 Å². The second kappa shape index (κ2) is 12.1. The molecule has 0 aliphatic carbocycles. The Hall–Kier alpha value is -3.10. The van der Waals surface area contributed by atoms with Gasteiger partial charge < -0.3 is 20.1 Å². The number of carbonyl (C=O) groups is 4. The fourth-order valence-electron chi connectivity index (χ4n) is 3.20. The van der Waals surface area contributed by atoms with Crippen molar-refractivity contribution in [2.45, 2.75) is 64.7 Å². The molecule has 1 aromatic carbocycles. The van der Waals surface area contributed by atoms with Crippen LogP contribution in [0.1, 0.15) is 52.0 Å². The minimum atomic E-state index is -0.632. The molecule has 1 heterocycles. The Labute approximate surface area is 188 Å². The molecule has 0 saturated carbocycles. The standard InChI is InChI=1S/C23H33N3O6/c1-23(2,3)32-22(30)26-15-7-10-18(26)21(29)25-13-11-19(27)24-14-12-20(28)31-16-17-8-5-4-6-9-17/h4-6,8-9,18H,7,10-16H2,1-3H3,(H,24,27)(H,25,29). The zero-order chi connectivity index (χ0) is 23.6. The summed E-state index contributed by atoms with van der Waals surface area (Å²) in [5.74, 6) is -0.979. The van der Waals surface area contributed by atoms with Crippen LogP contribution >= 0.6 is 0 Å². The molecule has 2 rings (SSSR count). The molecule has 0 bridgehead atoms. The van der Waals surface area contributed by atoms with Gasteiger partial charge in [0.15, 0.2) is 0 Å². The first-order chi connectivity index (χ1) is 15.2. The van der Waals surface area contributed by atoms with E-state index in [1.54, 1.807) is 20.8 Å². The number of nitrogens with one attached hydrogen (secondary N) is 2. The van der Waals surface area contributed by atoms with Gasteiger partial charge >= 0.3 is 12.1 Å². The maximum Gasteiger partial charge on any atom is 0.410 e. The van der Waals surface area contributed by atoms with Crippen molar-refractivity contribution in [1.82, 2.24) is 15.5 Å². The van der Waals surface area contributed by atoms with E-state index in [-0.39, 0.29) is 44.4 Å². The number of hydrogen-bond acceptors (Lipinski definition) is 6. The maximum atomic E-state index is 12.4. The van der Waals surface area contributed by atoms with E-state index in [2.05, 4.69) is 10.6 Å². The Morgan fingerprint density at radius 1 is 1.03 bits per heavy atom. The fourth-order valence-corrected chi connectivity index (χ4v) is 3.20. The Bertz CT molecular complexity index is 791. The Balaban J connectivity index is 1.61. The van der Waals surface area contributed by atoms with E-state index in [1.165, 1.54) is 4.90 Å². The Morgan fingerprint density at radius 3 is 2.41 bits per heavy atom. The number of ether oxygens (including phenoxy) is 2. The van der Waals surface area contributed by atoms with Crippen LogP contribution in [0.3, 0.4) is 0 Å². The fraction of sp³-hybridized carbons (Fsp3) is 0.565. The largest absolute Gasteiger partial charge is 0.461 e. The number of rotatable bonds is 9. The first-order valence-corrected chi connectivity index (χ1v) is 10.9. The normalized spacial score (nSPS) is 15.7. The molecule has 1 unspecified atom stereocenters. The van der Waals surface area contributed by atoms with Crippen LogP contribution < -0.4 is 10.6 Å².